The van der Waals surface area contributed by atoms with Gasteiger partial charge >= 0.3 is 0 Å². The summed E-state index contributed by atoms with van der Waals surface area (Å²) in [6, 6.07) is 3.46. The van der Waals surface area contributed by atoms with Crippen molar-refractivity contribution in [1.82, 2.24) is 0 Å². The second-order valence-corrected chi connectivity index (χ2v) is 3.95. The van der Waals surface area contributed by atoms with E-state index in [9.17, 15) is 4.79 Å². The van der Waals surface area contributed by atoms with Gasteiger partial charge in [-0.15, -0.1) is 0 Å². The Bertz CT molecular complexity index is 382. The van der Waals surface area contributed by atoms with E-state index in [1.807, 2.05) is 6.92 Å². The standard InChI is InChI=1S/C10H11BrClNO2/c1-6-3-9(15-2)8(4-7(6)12)13-10(14)5-11/h3-4H,5H2,1-2H3,(H,13,14). The third-order valence-corrected chi connectivity index (χ3v) is 2.79. The molecular weight excluding hydrogens is 281 g/mol. The minimum atomic E-state index is -0.145. The van der Waals surface area contributed by atoms with Crippen LogP contribution in [0.15, 0.2) is 12.1 Å². The number of alkyl halides is 1. The number of hydrogen-bond acceptors (Lipinski definition) is 2. The van der Waals surface area contributed by atoms with Gasteiger partial charge in [0.25, 0.3) is 0 Å². The molecule has 0 aliphatic heterocycles. The lowest BCUT2D eigenvalue weighted by Crippen LogP contribution is -2.13. The van der Waals surface area contributed by atoms with Gasteiger partial charge in [-0.05, 0) is 24.6 Å². The molecule has 0 aliphatic rings. The summed E-state index contributed by atoms with van der Waals surface area (Å²) in [5.41, 5.74) is 1.49. The minimum absolute atomic E-state index is 0.145. The fourth-order valence-corrected chi connectivity index (χ4v) is 1.41. The van der Waals surface area contributed by atoms with Gasteiger partial charge in [-0.1, -0.05) is 27.5 Å². The second kappa shape index (κ2) is 5.37. The number of nitrogens with one attached hydrogen (secondary N) is 1. The van der Waals surface area contributed by atoms with Gasteiger partial charge in [-0.25, -0.2) is 0 Å². The van der Waals surface area contributed by atoms with Crippen LogP contribution in [0.2, 0.25) is 5.02 Å². The van der Waals surface area contributed by atoms with E-state index in [4.69, 9.17) is 16.3 Å². The van der Waals surface area contributed by atoms with E-state index in [0.29, 0.717) is 16.5 Å². The first kappa shape index (κ1) is 12.3. The number of rotatable bonds is 3. The summed E-state index contributed by atoms with van der Waals surface area (Å²) in [6.45, 7) is 1.88. The van der Waals surface area contributed by atoms with E-state index in [1.54, 1.807) is 19.2 Å². The average Bonchev–Trinajstić information content (AvgIpc) is 2.22. The van der Waals surface area contributed by atoms with Crippen LogP contribution in [-0.2, 0) is 4.79 Å². The summed E-state index contributed by atoms with van der Waals surface area (Å²) >= 11 is 9.02. The number of carbonyl (C=O) groups is 1. The fraction of sp³-hybridized carbons (Fsp3) is 0.300. The maximum Gasteiger partial charge on any atom is 0.235 e. The van der Waals surface area contributed by atoms with Gasteiger partial charge in [-0.2, -0.15) is 0 Å². The van der Waals surface area contributed by atoms with Crippen LogP contribution in [0.3, 0.4) is 0 Å². The van der Waals surface area contributed by atoms with E-state index >= 15 is 0 Å². The number of carbonyl (C=O) groups excluding carboxylic acids is 1. The van der Waals surface area contributed by atoms with E-state index in [2.05, 4.69) is 21.2 Å². The largest absolute Gasteiger partial charge is 0.495 e. The third kappa shape index (κ3) is 3.11. The topological polar surface area (TPSA) is 38.3 Å². The van der Waals surface area contributed by atoms with Crippen molar-refractivity contribution >= 4 is 39.1 Å². The summed E-state index contributed by atoms with van der Waals surface area (Å²) in [6.07, 6.45) is 0. The first-order valence-corrected chi connectivity index (χ1v) is 5.78. The highest BCUT2D eigenvalue weighted by molar-refractivity contribution is 9.09. The molecule has 1 amide bonds. The predicted molar refractivity (Wildman–Crippen MR) is 65.2 cm³/mol. The van der Waals surface area contributed by atoms with Crippen molar-refractivity contribution in [2.75, 3.05) is 17.8 Å². The molecule has 1 aromatic carbocycles. The van der Waals surface area contributed by atoms with Crippen LogP contribution in [0.4, 0.5) is 5.69 Å². The molecule has 0 saturated carbocycles. The van der Waals surface area contributed by atoms with Crippen molar-refractivity contribution in [3.63, 3.8) is 0 Å². The molecule has 1 N–H and O–H groups in total. The molecule has 0 aromatic heterocycles. The highest BCUT2D eigenvalue weighted by Gasteiger charge is 2.09. The van der Waals surface area contributed by atoms with Crippen molar-refractivity contribution in [2.24, 2.45) is 0 Å². The van der Waals surface area contributed by atoms with Crippen LogP contribution >= 0.6 is 27.5 Å². The van der Waals surface area contributed by atoms with Crippen molar-refractivity contribution < 1.29 is 9.53 Å². The quantitative estimate of drug-likeness (QED) is 0.870. The summed E-state index contributed by atoms with van der Waals surface area (Å²) in [5, 5.41) is 3.52. The Morgan fingerprint density at radius 3 is 2.80 bits per heavy atom. The lowest BCUT2D eigenvalue weighted by atomic mass is 10.2. The van der Waals surface area contributed by atoms with Crippen LogP contribution in [0.1, 0.15) is 5.56 Å². The van der Waals surface area contributed by atoms with Crippen LogP contribution in [0.25, 0.3) is 0 Å². The monoisotopic (exact) mass is 291 g/mol. The molecule has 0 atom stereocenters. The first-order valence-electron chi connectivity index (χ1n) is 4.28. The minimum Gasteiger partial charge on any atom is -0.495 e. The van der Waals surface area contributed by atoms with Crippen molar-refractivity contribution in [3.05, 3.63) is 22.7 Å². The van der Waals surface area contributed by atoms with Gasteiger partial charge in [0.05, 0.1) is 18.1 Å². The Kier molecular flexibility index (Phi) is 4.42. The van der Waals surface area contributed by atoms with Crippen LogP contribution in [-0.4, -0.2) is 18.3 Å². The van der Waals surface area contributed by atoms with Gasteiger partial charge in [0.2, 0.25) is 5.91 Å². The fourth-order valence-electron chi connectivity index (χ4n) is 1.11. The van der Waals surface area contributed by atoms with Crippen LogP contribution in [0.5, 0.6) is 5.75 Å². The van der Waals surface area contributed by atoms with Gasteiger partial charge in [0.15, 0.2) is 0 Å². The summed E-state index contributed by atoms with van der Waals surface area (Å²) in [5.74, 6) is 0.458. The molecule has 15 heavy (non-hydrogen) atoms. The number of amides is 1. The van der Waals surface area contributed by atoms with Gasteiger partial charge < -0.3 is 10.1 Å². The molecule has 0 fully saturated rings. The molecule has 0 bridgehead atoms. The molecule has 0 saturated heterocycles. The van der Waals surface area contributed by atoms with E-state index in [-0.39, 0.29) is 11.2 Å². The smallest absolute Gasteiger partial charge is 0.235 e. The van der Waals surface area contributed by atoms with Crippen molar-refractivity contribution in [1.29, 1.82) is 0 Å². The molecular formula is C10H11BrClNO2. The molecule has 82 valence electrons. The molecule has 0 radical (unpaired) electrons. The average molecular weight is 293 g/mol. The summed E-state index contributed by atoms with van der Waals surface area (Å²) in [7, 11) is 1.55. The van der Waals surface area contributed by atoms with Crippen molar-refractivity contribution in [3.8, 4) is 5.75 Å². The van der Waals surface area contributed by atoms with E-state index < -0.39 is 0 Å². The van der Waals surface area contributed by atoms with E-state index in [1.165, 1.54) is 0 Å². The number of hydrogen-bond donors (Lipinski definition) is 1. The number of methoxy groups -OCH3 is 1. The lowest BCUT2D eigenvalue weighted by Gasteiger charge is -2.11. The molecule has 0 spiro atoms. The van der Waals surface area contributed by atoms with Gasteiger partial charge in [0.1, 0.15) is 5.75 Å². The second-order valence-electron chi connectivity index (χ2n) is 2.98. The number of halogens is 2. The Morgan fingerprint density at radius 1 is 1.60 bits per heavy atom. The third-order valence-electron chi connectivity index (χ3n) is 1.88. The van der Waals surface area contributed by atoms with Crippen LogP contribution < -0.4 is 10.1 Å². The molecule has 0 heterocycles. The normalized spacial score (nSPS) is 9.87. The van der Waals surface area contributed by atoms with Gasteiger partial charge in [-0.3, -0.25) is 4.79 Å². The zero-order chi connectivity index (χ0) is 11.4. The Hall–Kier alpha value is -0.740. The van der Waals surface area contributed by atoms with Crippen molar-refractivity contribution in [2.45, 2.75) is 6.92 Å². The molecule has 3 nitrogen and oxygen atoms in total. The Morgan fingerprint density at radius 2 is 2.27 bits per heavy atom. The molecule has 1 aromatic rings. The number of benzene rings is 1. The molecule has 5 heteroatoms. The maximum atomic E-state index is 11.2. The number of anilines is 1. The van der Waals surface area contributed by atoms with E-state index in [0.717, 1.165) is 5.56 Å². The summed E-state index contributed by atoms with van der Waals surface area (Å²) in [4.78, 5) is 11.2. The number of aryl methyl sites for hydroxylation is 1. The zero-order valence-electron chi connectivity index (χ0n) is 8.43. The number of ether oxygens (including phenoxy) is 1. The zero-order valence-corrected chi connectivity index (χ0v) is 10.8. The highest BCUT2D eigenvalue weighted by Crippen LogP contribution is 2.30. The molecule has 0 unspecified atom stereocenters. The molecule has 0 aliphatic carbocycles. The van der Waals surface area contributed by atoms with Gasteiger partial charge in [0, 0.05) is 5.02 Å². The summed E-state index contributed by atoms with van der Waals surface area (Å²) < 4.78 is 5.14. The Labute approximate surface area is 102 Å². The maximum absolute atomic E-state index is 11.2. The predicted octanol–water partition coefficient (Wildman–Crippen LogP) is 2.99. The SMILES string of the molecule is COc1cc(C)c(Cl)cc1NC(=O)CBr. The molecule has 1 rings (SSSR count). The first-order chi connectivity index (χ1) is 7.08. The lowest BCUT2D eigenvalue weighted by molar-refractivity contribution is -0.113. The highest BCUT2D eigenvalue weighted by atomic mass is 79.9. The Balaban J connectivity index is 3.05. The van der Waals surface area contributed by atoms with Crippen LogP contribution in [0, 0.1) is 6.92 Å².